The third kappa shape index (κ3) is 2.85. The number of benzene rings is 1. The average molecular weight is 336 g/mol. The Bertz CT molecular complexity index is 634. The number of hydrogen-bond donors (Lipinski definition) is 1. The molecule has 1 aliphatic rings. The minimum absolute atomic E-state index is 0.583. The van der Waals surface area contributed by atoms with Crippen LogP contribution in [-0.4, -0.2) is 23.2 Å². The van der Waals surface area contributed by atoms with Crippen molar-refractivity contribution in [1.29, 1.82) is 0 Å². The van der Waals surface area contributed by atoms with Crippen molar-refractivity contribution in [2.45, 2.75) is 13.5 Å². The first-order valence-corrected chi connectivity index (χ1v) is 7.13. The molecule has 6 heteroatoms. The number of nitrogens with zero attached hydrogens (tertiary/aromatic N) is 2. The predicted molar refractivity (Wildman–Crippen MR) is 79.2 cm³/mol. The number of halogens is 1. The minimum atomic E-state index is 0.583. The van der Waals surface area contributed by atoms with E-state index in [0.717, 1.165) is 33.2 Å². The lowest BCUT2D eigenvalue weighted by Crippen LogP contribution is -2.15. The van der Waals surface area contributed by atoms with Gasteiger partial charge in [-0.25, -0.2) is 9.97 Å². The van der Waals surface area contributed by atoms with Crippen LogP contribution in [0.25, 0.3) is 0 Å². The Balaban J connectivity index is 1.77. The van der Waals surface area contributed by atoms with E-state index < -0.39 is 0 Å². The van der Waals surface area contributed by atoms with Gasteiger partial charge in [-0.1, -0.05) is 0 Å². The molecule has 104 valence electrons. The van der Waals surface area contributed by atoms with Gasteiger partial charge in [0.25, 0.3) is 0 Å². The zero-order chi connectivity index (χ0) is 13.9. The summed E-state index contributed by atoms with van der Waals surface area (Å²) >= 11 is 3.53. The molecule has 0 spiro atoms. The topological polar surface area (TPSA) is 56.3 Å². The second-order valence-corrected chi connectivity index (χ2v) is 5.28. The van der Waals surface area contributed by atoms with Gasteiger partial charge in [-0.2, -0.15) is 0 Å². The van der Waals surface area contributed by atoms with Crippen LogP contribution < -0.4 is 14.8 Å². The van der Waals surface area contributed by atoms with Gasteiger partial charge in [0, 0.05) is 22.8 Å². The molecule has 0 atom stereocenters. The van der Waals surface area contributed by atoms with E-state index in [2.05, 4.69) is 31.2 Å². The van der Waals surface area contributed by atoms with E-state index in [-0.39, 0.29) is 0 Å². The van der Waals surface area contributed by atoms with Crippen molar-refractivity contribution in [3.05, 3.63) is 40.4 Å². The summed E-state index contributed by atoms with van der Waals surface area (Å²) in [6.45, 7) is 3.68. The van der Waals surface area contributed by atoms with Crippen molar-refractivity contribution in [2.75, 3.05) is 18.5 Å². The Kier molecular flexibility index (Phi) is 3.73. The third-order valence-electron chi connectivity index (χ3n) is 2.93. The number of fused-ring (bicyclic) bond motifs is 1. The largest absolute Gasteiger partial charge is 0.486 e. The van der Waals surface area contributed by atoms with Gasteiger partial charge in [0.05, 0.1) is 17.9 Å². The monoisotopic (exact) mass is 335 g/mol. The normalized spacial score (nSPS) is 13.1. The second kappa shape index (κ2) is 5.66. The minimum Gasteiger partial charge on any atom is -0.486 e. The van der Waals surface area contributed by atoms with E-state index in [1.54, 1.807) is 6.20 Å². The van der Waals surface area contributed by atoms with Gasteiger partial charge in [0.1, 0.15) is 19.0 Å². The maximum Gasteiger partial charge on any atom is 0.163 e. The van der Waals surface area contributed by atoms with Crippen LogP contribution in [0, 0.1) is 6.92 Å². The molecule has 0 saturated heterocycles. The van der Waals surface area contributed by atoms with Crippen LogP contribution in [0.15, 0.2) is 28.9 Å². The molecular formula is C14H14BrN3O2. The lowest BCUT2D eigenvalue weighted by Gasteiger charge is -2.20. The molecule has 1 aliphatic heterocycles. The maximum atomic E-state index is 5.58. The first-order chi connectivity index (χ1) is 9.72. The van der Waals surface area contributed by atoms with E-state index in [9.17, 15) is 0 Å². The number of nitrogens with one attached hydrogen (secondary N) is 1. The molecule has 0 fully saturated rings. The fraction of sp³-hybridized carbons (Fsp3) is 0.286. The lowest BCUT2D eigenvalue weighted by molar-refractivity contribution is 0.171. The summed E-state index contributed by atoms with van der Waals surface area (Å²) in [7, 11) is 0. The number of hydrogen-bond acceptors (Lipinski definition) is 5. The van der Waals surface area contributed by atoms with Crippen molar-refractivity contribution < 1.29 is 9.47 Å². The maximum absolute atomic E-state index is 5.58. The van der Waals surface area contributed by atoms with E-state index in [4.69, 9.17) is 9.47 Å². The number of aromatic nitrogens is 2. The van der Waals surface area contributed by atoms with Gasteiger partial charge in [-0.15, -0.1) is 0 Å². The lowest BCUT2D eigenvalue weighted by atomic mass is 10.2. The van der Waals surface area contributed by atoms with Crippen LogP contribution in [0.5, 0.6) is 11.5 Å². The number of ether oxygens (including phenoxy) is 2. The fourth-order valence-corrected chi connectivity index (χ4v) is 2.45. The standard InChI is InChI=1S/C14H14BrN3O2/c1-9-16-3-2-10(18-9)8-17-12-7-14-13(6-11(12)15)19-4-5-20-14/h2-3,6-7,17H,4-5,8H2,1H3. The van der Waals surface area contributed by atoms with Gasteiger partial charge in [-0.3, -0.25) is 0 Å². The van der Waals surface area contributed by atoms with Gasteiger partial charge < -0.3 is 14.8 Å². The molecule has 20 heavy (non-hydrogen) atoms. The summed E-state index contributed by atoms with van der Waals surface area (Å²) in [5.41, 5.74) is 1.89. The fourth-order valence-electron chi connectivity index (χ4n) is 1.99. The SMILES string of the molecule is Cc1nccc(CNc2cc3c(cc2Br)OCCO3)n1. The van der Waals surface area contributed by atoms with E-state index in [0.29, 0.717) is 19.8 Å². The Morgan fingerprint density at radius 1 is 1.25 bits per heavy atom. The summed E-state index contributed by atoms with van der Waals surface area (Å²) in [5.74, 6) is 2.30. The second-order valence-electron chi connectivity index (χ2n) is 4.42. The molecule has 5 nitrogen and oxygen atoms in total. The molecule has 0 amide bonds. The first kappa shape index (κ1) is 13.2. The van der Waals surface area contributed by atoms with Crippen molar-refractivity contribution in [2.24, 2.45) is 0 Å². The highest BCUT2D eigenvalue weighted by Gasteiger charge is 2.14. The average Bonchev–Trinajstić information content (AvgIpc) is 2.45. The molecule has 0 saturated carbocycles. The number of aryl methyl sites for hydroxylation is 1. The summed E-state index contributed by atoms with van der Waals surface area (Å²) < 4.78 is 12.1. The number of anilines is 1. The first-order valence-electron chi connectivity index (χ1n) is 6.34. The van der Waals surface area contributed by atoms with Crippen LogP contribution in [0.2, 0.25) is 0 Å². The van der Waals surface area contributed by atoms with E-state index in [1.807, 2.05) is 25.1 Å². The summed E-state index contributed by atoms with van der Waals surface area (Å²) in [4.78, 5) is 8.45. The Labute approximate surface area is 125 Å². The molecule has 1 aromatic carbocycles. The summed E-state index contributed by atoms with van der Waals surface area (Å²) in [6, 6.07) is 5.75. The van der Waals surface area contributed by atoms with Crippen molar-refractivity contribution in [1.82, 2.24) is 9.97 Å². The molecule has 1 N–H and O–H groups in total. The molecular weight excluding hydrogens is 322 g/mol. The Morgan fingerprint density at radius 2 is 2.00 bits per heavy atom. The van der Waals surface area contributed by atoms with Crippen LogP contribution in [0.4, 0.5) is 5.69 Å². The number of rotatable bonds is 3. The Hall–Kier alpha value is -1.82. The zero-order valence-electron chi connectivity index (χ0n) is 11.0. The van der Waals surface area contributed by atoms with Crippen molar-refractivity contribution in [3.8, 4) is 11.5 Å². The molecule has 2 heterocycles. The van der Waals surface area contributed by atoms with Gasteiger partial charge in [-0.05, 0) is 28.9 Å². The van der Waals surface area contributed by atoms with Gasteiger partial charge >= 0.3 is 0 Å². The zero-order valence-corrected chi connectivity index (χ0v) is 12.6. The van der Waals surface area contributed by atoms with Crippen LogP contribution in [-0.2, 0) is 6.54 Å². The Morgan fingerprint density at radius 3 is 2.75 bits per heavy atom. The van der Waals surface area contributed by atoms with Crippen LogP contribution in [0.1, 0.15) is 11.5 Å². The highest BCUT2D eigenvalue weighted by molar-refractivity contribution is 9.10. The quantitative estimate of drug-likeness (QED) is 0.934. The predicted octanol–water partition coefficient (Wildman–Crippen LogP) is 2.93. The van der Waals surface area contributed by atoms with E-state index in [1.165, 1.54) is 0 Å². The molecule has 3 rings (SSSR count). The molecule has 0 bridgehead atoms. The van der Waals surface area contributed by atoms with Crippen LogP contribution >= 0.6 is 15.9 Å². The molecule has 0 aliphatic carbocycles. The molecule has 0 radical (unpaired) electrons. The van der Waals surface area contributed by atoms with Crippen LogP contribution in [0.3, 0.4) is 0 Å². The molecule has 1 aromatic heterocycles. The summed E-state index contributed by atoms with van der Waals surface area (Å²) in [6.07, 6.45) is 1.76. The van der Waals surface area contributed by atoms with Gasteiger partial charge in [0.15, 0.2) is 11.5 Å². The summed E-state index contributed by atoms with van der Waals surface area (Å²) in [5, 5.41) is 3.33. The van der Waals surface area contributed by atoms with Crippen molar-refractivity contribution >= 4 is 21.6 Å². The highest BCUT2D eigenvalue weighted by atomic mass is 79.9. The van der Waals surface area contributed by atoms with Gasteiger partial charge in [0.2, 0.25) is 0 Å². The molecule has 2 aromatic rings. The third-order valence-corrected chi connectivity index (χ3v) is 3.58. The van der Waals surface area contributed by atoms with Crippen molar-refractivity contribution in [3.63, 3.8) is 0 Å². The van der Waals surface area contributed by atoms with E-state index >= 15 is 0 Å². The molecule has 0 unspecified atom stereocenters. The highest BCUT2D eigenvalue weighted by Crippen LogP contribution is 2.38. The smallest absolute Gasteiger partial charge is 0.163 e.